The Bertz CT molecular complexity index is 319. The minimum atomic E-state index is 0.257. The molecule has 1 aliphatic rings. The first kappa shape index (κ1) is 12.1. The molecule has 3 heteroatoms. The Labute approximate surface area is 105 Å². The van der Waals surface area contributed by atoms with Gasteiger partial charge < -0.3 is 10.5 Å². The Morgan fingerprint density at radius 2 is 2.12 bits per heavy atom. The van der Waals surface area contributed by atoms with Crippen LogP contribution in [0, 0.1) is 5.92 Å². The lowest BCUT2D eigenvalue weighted by Gasteiger charge is -2.15. The summed E-state index contributed by atoms with van der Waals surface area (Å²) < 4.78 is 6.48. The molecule has 1 aromatic carbocycles. The third-order valence-corrected chi connectivity index (χ3v) is 3.60. The van der Waals surface area contributed by atoms with Gasteiger partial charge in [0.25, 0.3) is 0 Å². The molecule has 1 fully saturated rings. The van der Waals surface area contributed by atoms with Gasteiger partial charge in [0.2, 0.25) is 0 Å². The van der Waals surface area contributed by atoms with Crippen LogP contribution in [0.3, 0.4) is 0 Å². The topological polar surface area (TPSA) is 35.2 Å². The van der Waals surface area contributed by atoms with Gasteiger partial charge in [-0.3, -0.25) is 0 Å². The molecule has 2 nitrogen and oxygen atoms in total. The maximum Gasteiger partial charge on any atom is 0.0495 e. The van der Waals surface area contributed by atoms with Gasteiger partial charge in [-0.15, -0.1) is 0 Å². The van der Waals surface area contributed by atoms with Crippen molar-refractivity contribution < 1.29 is 4.74 Å². The van der Waals surface area contributed by atoms with Crippen LogP contribution >= 0.6 is 15.9 Å². The molecule has 1 heterocycles. The predicted molar refractivity (Wildman–Crippen MR) is 69.4 cm³/mol. The zero-order valence-corrected chi connectivity index (χ0v) is 10.9. The molecular weight excluding hydrogens is 266 g/mol. The van der Waals surface area contributed by atoms with Crippen molar-refractivity contribution in [3.05, 3.63) is 34.3 Å². The van der Waals surface area contributed by atoms with Crippen LogP contribution in [0.5, 0.6) is 0 Å². The van der Waals surface area contributed by atoms with E-state index in [-0.39, 0.29) is 6.04 Å². The van der Waals surface area contributed by atoms with E-state index in [1.165, 1.54) is 12.0 Å². The molecule has 1 aliphatic heterocycles. The van der Waals surface area contributed by atoms with Crippen LogP contribution in [0.15, 0.2) is 28.7 Å². The van der Waals surface area contributed by atoms with E-state index >= 15 is 0 Å². The van der Waals surface area contributed by atoms with Crippen LogP contribution in [0.2, 0.25) is 0 Å². The highest BCUT2D eigenvalue weighted by Crippen LogP contribution is 2.19. The number of hydrogen-bond acceptors (Lipinski definition) is 2. The summed E-state index contributed by atoms with van der Waals surface area (Å²) in [6, 6.07) is 8.67. The van der Waals surface area contributed by atoms with Crippen molar-refractivity contribution in [2.45, 2.75) is 25.3 Å². The Hall–Kier alpha value is -0.380. The van der Waals surface area contributed by atoms with E-state index in [4.69, 9.17) is 10.5 Å². The summed E-state index contributed by atoms with van der Waals surface area (Å²) in [7, 11) is 0. The largest absolute Gasteiger partial charge is 0.381 e. The number of benzene rings is 1. The summed E-state index contributed by atoms with van der Waals surface area (Å²) in [5, 5.41) is 0. The van der Waals surface area contributed by atoms with E-state index in [1.807, 2.05) is 0 Å². The quantitative estimate of drug-likeness (QED) is 0.922. The number of rotatable bonds is 4. The maximum atomic E-state index is 6.16. The fourth-order valence-corrected chi connectivity index (χ4v) is 2.47. The second-order valence-electron chi connectivity index (χ2n) is 4.56. The monoisotopic (exact) mass is 283 g/mol. The number of ether oxygens (including phenoxy) is 1. The first-order chi connectivity index (χ1) is 7.74. The second-order valence-corrected chi connectivity index (χ2v) is 5.47. The molecule has 0 aromatic heterocycles. The normalized spacial score (nSPS) is 22.2. The van der Waals surface area contributed by atoms with E-state index in [0.717, 1.165) is 30.5 Å². The minimum absolute atomic E-state index is 0.257. The molecule has 16 heavy (non-hydrogen) atoms. The molecule has 1 saturated heterocycles. The summed E-state index contributed by atoms with van der Waals surface area (Å²) in [6.45, 7) is 1.81. The Morgan fingerprint density at radius 1 is 1.38 bits per heavy atom. The fourth-order valence-electron chi connectivity index (χ4n) is 2.20. The summed E-state index contributed by atoms with van der Waals surface area (Å²) >= 11 is 3.43. The fraction of sp³-hybridized carbons (Fsp3) is 0.538. The van der Waals surface area contributed by atoms with Crippen LogP contribution in [-0.4, -0.2) is 19.3 Å². The standard InChI is InChI=1S/C13H18BrNO/c14-12-3-1-10(2-4-12)7-13(15)8-11-5-6-16-9-11/h1-4,11,13H,5-9,15H2. The van der Waals surface area contributed by atoms with E-state index < -0.39 is 0 Å². The van der Waals surface area contributed by atoms with Gasteiger partial charge >= 0.3 is 0 Å². The molecule has 0 bridgehead atoms. The number of halogens is 1. The third kappa shape index (κ3) is 3.58. The average molecular weight is 284 g/mol. The zero-order chi connectivity index (χ0) is 11.4. The molecular formula is C13H18BrNO. The van der Waals surface area contributed by atoms with Gasteiger partial charge in [0.1, 0.15) is 0 Å². The molecule has 2 atom stereocenters. The Kier molecular flexibility index (Phi) is 4.38. The second kappa shape index (κ2) is 5.80. The van der Waals surface area contributed by atoms with Gasteiger partial charge in [0.05, 0.1) is 0 Å². The van der Waals surface area contributed by atoms with Crippen LogP contribution in [0.1, 0.15) is 18.4 Å². The van der Waals surface area contributed by atoms with Crippen molar-refractivity contribution in [2.75, 3.05) is 13.2 Å². The van der Waals surface area contributed by atoms with Gasteiger partial charge in [-0.05, 0) is 42.9 Å². The van der Waals surface area contributed by atoms with Crippen LogP contribution in [0.4, 0.5) is 0 Å². The minimum Gasteiger partial charge on any atom is -0.381 e. The van der Waals surface area contributed by atoms with E-state index in [2.05, 4.69) is 40.2 Å². The first-order valence-corrected chi connectivity index (χ1v) is 6.61. The van der Waals surface area contributed by atoms with Crippen molar-refractivity contribution in [2.24, 2.45) is 11.7 Å². The summed E-state index contributed by atoms with van der Waals surface area (Å²) in [6.07, 6.45) is 3.22. The van der Waals surface area contributed by atoms with Gasteiger partial charge in [-0.1, -0.05) is 28.1 Å². The predicted octanol–water partition coefficient (Wildman–Crippen LogP) is 2.75. The highest BCUT2D eigenvalue weighted by atomic mass is 79.9. The zero-order valence-electron chi connectivity index (χ0n) is 9.36. The molecule has 88 valence electrons. The molecule has 2 unspecified atom stereocenters. The summed E-state index contributed by atoms with van der Waals surface area (Å²) in [5.41, 5.74) is 7.47. The van der Waals surface area contributed by atoms with Crippen LogP contribution in [0.25, 0.3) is 0 Å². The molecule has 2 rings (SSSR count). The molecule has 2 N–H and O–H groups in total. The van der Waals surface area contributed by atoms with Crippen molar-refractivity contribution in [3.8, 4) is 0 Å². The van der Waals surface area contributed by atoms with E-state index in [9.17, 15) is 0 Å². The lowest BCUT2D eigenvalue weighted by atomic mass is 9.95. The number of hydrogen-bond donors (Lipinski definition) is 1. The smallest absolute Gasteiger partial charge is 0.0495 e. The van der Waals surface area contributed by atoms with Crippen molar-refractivity contribution in [3.63, 3.8) is 0 Å². The van der Waals surface area contributed by atoms with Crippen LogP contribution < -0.4 is 5.73 Å². The molecule has 0 radical (unpaired) electrons. The van der Waals surface area contributed by atoms with E-state index in [1.54, 1.807) is 0 Å². The lowest BCUT2D eigenvalue weighted by molar-refractivity contribution is 0.182. The van der Waals surface area contributed by atoms with Gasteiger partial charge in [-0.25, -0.2) is 0 Å². The lowest BCUT2D eigenvalue weighted by Crippen LogP contribution is -2.26. The first-order valence-electron chi connectivity index (χ1n) is 5.82. The number of nitrogens with two attached hydrogens (primary N) is 1. The Balaban J connectivity index is 1.81. The van der Waals surface area contributed by atoms with Crippen molar-refractivity contribution >= 4 is 15.9 Å². The maximum absolute atomic E-state index is 6.16. The molecule has 0 amide bonds. The van der Waals surface area contributed by atoms with E-state index in [0.29, 0.717) is 5.92 Å². The van der Waals surface area contributed by atoms with Crippen molar-refractivity contribution in [1.29, 1.82) is 0 Å². The summed E-state index contributed by atoms with van der Waals surface area (Å²) in [5.74, 6) is 0.672. The highest BCUT2D eigenvalue weighted by Gasteiger charge is 2.18. The van der Waals surface area contributed by atoms with Crippen molar-refractivity contribution in [1.82, 2.24) is 0 Å². The Morgan fingerprint density at radius 3 is 2.75 bits per heavy atom. The SMILES string of the molecule is NC(Cc1ccc(Br)cc1)CC1CCOC1. The van der Waals surface area contributed by atoms with Gasteiger partial charge in [0, 0.05) is 23.7 Å². The molecule has 0 aliphatic carbocycles. The molecule has 1 aromatic rings. The van der Waals surface area contributed by atoms with Gasteiger partial charge in [0.15, 0.2) is 0 Å². The highest BCUT2D eigenvalue weighted by molar-refractivity contribution is 9.10. The van der Waals surface area contributed by atoms with Crippen LogP contribution in [-0.2, 0) is 11.2 Å². The average Bonchev–Trinajstić information content (AvgIpc) is 2.74. The van der Waals surface area contributed by atoms with Gasteiger partial charge in [-0.2, -0.15) is 0 Å². The molecule has 0 spiro atoms. The molecule has 0 saturated carbocycles. The third-order valence-electron chi connectivity index (χ3n) is 3.07. The summed E-state index contributed by atoms with van der Waals surface area (Å²) in [4.78, 5) is 0.